The Balaban J connectivity index is 4.76. The molecule has 0 aromatic carbocycles. The van der Waals surface area contributed by atoms with Crippen molar-refractivity contribution in [3.05, 3.63) is 72.9 Å². The molecular formula is C64H113O11P. The van der Waals surface area contributed by atoms with Gasteiger partial charge in [-0.15, -0.1) is 0 Å². The summed E-state index contributed by atoms with van der Waals surface area (Å²) in [5.41, 5.74) is 0. The van der Waals surface area contributed by atoms with Gasteiger partial charge in [-0.25, -0.2) is 4.57 Å². The second-order valence-electron chi connectivity index (χ2n) is 20.5. The van der Waals surface area contributed by atoms with E-state index in [-0.39, 0.29) is 25.9 Å². The summed E-state index contributed by atoms with van der Waals surface area (Å²) in [5.74, 6) is -1.50. The fourth-order valence-corrected chi connectivity index (χ4v) is 9.22. The van der Waals surface area contributed by atoms with Crippen molar-refractivity contribution in [1.82, 2.24) is 0 Å². The Morgan fingerprint density at radius 3 is 1.08 bits per heavy atom. The Bertz CT molecular complexity index is 1550. The summed E-state index contributed by atoms with van der Waals surface area (Å²) in [6, 6.07) is 0. The molecule has 3 atom stereocenters. The number of hydrogen-bond donors (Lipinski definition) is 2. The zero-order valence-corrected chi connectivity index (χ0v) is 49.6. The summed E-state index contributed by atoms with van der Waals surface area (Å²) in [6.07, 6.45) is 65.7. The van der Waals surface area contributed by atoms with Crippen molar-refractivity contribution in [2.24, 2.45) is 0 Å². The van der Waals surface area contributed by atoms with E-state index in [1.807, 2.05) is 0 Å². The zero-order chi connectivity index (χ0) is 55.5. The Labute approximate surface area is 465 Å². The molecule has 0 bridgehead atoms. The molecular weight excluding hydrogens is 976 g/mol. The van der Waals surface area contributed by atoms with Crippen LogP contribution in [0.1, 0.15) is 278 Å². The van der Waals surface area contributed by atoms with Crippen LogP contribution >= 0.6 is 7.82 Å². The zero-order valence-electron chi connectivity index (χ0n) is 48.7. The minimum Gasteiger partial charge on any atom is -0.462 e. The first kappa shape index (κ1) is 72.9. The SMILES string of the molecule is CC/C=C\C/C=C\C/C=C\C/C=C\C/C=C\CCCCCC(=O)OCC(COP(=O)(O)OCC(CO)OC(=O)CCCCCCCCCCCCC)OC(=O)CCCCCCCCCCC/C=C\CCCCCCCC. The lowest BCUT2D eigenvalue weighted by molar-refractivity contribution is -0.161. The number of esters is 3. The number of carbonyl (C=O) groups is 3. The van der Waals surface area contributed by atoms with Crippen LogP contribution in [0, 0.1) is 0 Å². The maximum atomic E-state index is 12.9. The van der Waals surface area contributed by atoms with E-state index in [2.05, 4.69) is 93.7 Å². The van der Waals surface area contributed by atoms with Gasteiger partial charge >= 0.3 is 25.7 Å². The third kappa shape index (κ3) is 55.7. The maximum Gasteiger partial charge on any atom is 0.472 e. The van der Waals surface area contributed by atoms with Crippen LogP contribution in [0.15, 0.2) is 72.9 Å². The normalized spacial score (nSPS) is 13.8. The molecule has 0 aliphatic carbocycles. The van der Waals surface area contributed by atoms with E-state index in [0.717, 1.165) is 89.9 Å². The van der Waals surface area contributed by atoms with Crippen LogP contribution in [-0.4, -0.2) is 66.5 Å². The third-order valence-electron chi connectivity index (χ3n) is 13.1. The molecule has 11 nitrogen and oxygen atoms in total. The van der Waals surface area contributed by atoms with Gasteiger partial charge in [-0.05, 0) is 89.9 Å². The molecule has 0 spiro atoms. The molecule has 0 rings (SSSR count). The first-order valence-corrected chi connectivity index (χ1v) is 32.3. The molecule has 440 valence electrons. The third-order valence-corrected chi connectivity index (χ3v) is 14.1. The second kappa shape index (κ2) is 58.1. The van der Waals surface area contributed by atoms with Gasteiger partial charge in [0.05, 0.1) is 19.8 Å². The fourth-order valence-electron chi connectivity index (χ4n) is 8.44. The highest BCUT2D eigenvalue weighted by Crippen LogP contribution is 2.43. The lowest BCUT2D eigenvalue weighted by atomic mass is 10.1. The van der Waals surface area contributed by atoms with Crippen LogP contribution < -0.4 is 0 Å². The van der Waals surface area contributed by atoms with Crippen molar-refractivity contribution in [3.8, 4) is 0 Å². The number of aliphatic hydroxyl groups excluding tert-OH is 1. The lowest BCUT2D eigenvalue weighted by Gasteiger charge is -2.21. The number of allylic oxidation sites excluding steroid dienone is 12. The van der Waals surface area contributed by atoms with Gasteiger partial charge in [0.1, 0.15) is 12.7 Å². The van der Waals surface area contributed by atoms with Gasteiger partial charge in [-0.2, -0.15) is 0 Å². The quantitative estimate of drug-likeness (QED) is 0.0197. The first-order valence-electron chi connectivity index (χ1n) is 30.8. The Hall–Kier alpha value is -3.08. The van der Waals surface area contributed by atoms with Crippen molar-refractivity contribution >= 4 is 25.7 Å². The van der Waals surface area contributed by atoms with Gasteiger partial charge in [0, 0.05) is 19.3 Å². The number of phosphoric ester groups is 1. The molecule has 0 aliphatic heterocycles. The monoisotopic (exact) mass is 1090 g/mol. The minimum atomic E-state index is -4.76. The van der Waals surface area contributed by atoms with Gasteiger partial charge in [-0.1, -0.05) is 241 Å². The number of aliphatic hydroxyl groups is 1. The van der Waals surface area contributed by atoms with E-state index >= 15 is 0 Å². The summed E-state index contributed by atoms with van der Waals surface area (Å²) in [7, 11) is -4.76. The van der Waals surface area contributed by atoms with E-state index < -0.39 is 57.8 Å². The van der Waals surface area contributed by atoms with Crippen LogP contribution in [0.5, 0.6) is 0 Å². The van der Waals surface area contributed by atoms with Gasteiger partial charge in [0.2, 0.25) is 0 Å². The summed E-state index contributed by atoms with van der Waals surface area (Å²) in [6.45, 7) is 4.51. The van der Waals surface area contributed by atoms with Crippen molar-refractivity contribution < 1.29 is 52.2 Å². The van der Waals surface area contributed by atoms with Crippen LogP contribution in [-0.2, 0) is 42.2 Å². The predicted octanol–water partition coefficient (Wildman–Crippen LogP) is 18.5. The average Bonchev–Trinajstić information content (AvgIpc) is 3.41. The average molecular weight is 1090 g/mol. The summed E-state index contributed by atoms with van der Waals surface area (Å²) in [5, 5.41) is 9.81. The van der Waals surface area contributed by atoms with E-state index in [0.29, 0.717) is 19.3 Å². The van der Waals surface area contributed by atoms with Gasteiger partial charge in [0.15, 0.2) is 6.10 Å². The predicted molar refractivity (Wildman–Crippen MR) is 316 cm³/mol. The maximum absolute atomic E-state index is 12.9. The molecule has 0 saturated heterocycles. The standard InChI is InChI=1S/C64H113O11P/c1-4-7-10-13-16-19-22-24-26-28-30-32-34-36-39-41-44-47-50-53-62(66)71-57-61(75-64(68)55-52-49-46-43-40-37-35-33-31-29-27-25-23-20-17-14-11-8-5-2)59-73-76(69,70)72-58-60(56-65)74-63(67)54-51-48-45-42-38-21-18-15-12-9-6-3/h7,10,16,19,24-27,30,32,36,39,60-61,65H,4-6,8-9,11-15,17-18,20-23,28-29,31,33-35,37-38,40-59H2,1-3H3,(H,69,70)/b10-7-,19-16-,26-24-,27-25-,32-30-,39-36-. The lowest BCUT2D eigenvalue weighted by Crippen LogP contribution is -2.30. The van der Waals surface area contributed by atoms with Gasteiger partial charge in [-0.3, -0.25) is 23.4 Å². The number of hydrogen-bond acceptors (Lipinski definition) is 10. The largest absolute Gasteiger partial charge is 0.472 e. The molecule has 0 fully saturated rings. The number of unbranched alkanes of at least 4 members (excludes halogenated alkanes) is 28. The first-order chi connectivity index (χ1) is 37.2. The highest BCUT2D eigenvalue weighted by molar-refractivity contribution is 7.47. The van der Waals surface area contributed by atoms with E-state index in [4.69, 9.17) is 23.3 Å². The molecule has 0 aromatic rings. The summed E-state index contributed by atoms with van der Waals surface area (Å²) >= 11 is 0. The van der Waals surface area contributed by atoms with E-state index in [1.54, 1.807) is 0 Å². The van der Waals surface area contributed by atoms with Crippen molar-refractivity contribution in [1.29, 1.82) is 0 Å². The van der Waals surface area contributed by atoms with E-state index in [9.17, 15) is 28.9 Å². The molecule has 0 saturated carbocycles. The topological polar surface area (TPSA) is 155 Å². The molecule has 0 radical (unpaired) electrons. The Morgan fingerprint density at radius 1 is 0.382 bits per heavy atom. The Morgan fingerprint density at radius 2 is 0.684 bits per heavy atom. The molecule has 0 heterocycles. The smallest absolute Gasteiger partial charge is 0.462 e. The highest BCUT2D eigenvalue weighted by Gasteiger charge is 2.28. The number of ether oxygens (including phenoxy) is 3. The molecule has 0 aromatic heterocycles. The van der Waals surface area contributed by atoms with Crippen LogP contribution in [0.2, 0.25) is 0 Å². The summed E-state index contributed by atoms with van der Waals surface area (Å²) in [4.78, 5) is 48.6. The van der Waals surface area contributed by atoms with Crippen LogP contribution in [0.3, 0.4) is 0 Å². The fraction of sp³-hybridized carbons (Fsp3) is 0.766. The molecule has 0 aliphatic rings. The van der Waals surface area contributed by atoms with E-state index in [1.165, 1.54) is 128 Å². The molecule has 76 heavy (non-hydrogen) atoms. The molecule has 12 heteroatoms. The van der Waals surface area contributed by atoms with Gasteiger partial charge in [0.25, 0.3) is 0 Å². The molecule has 2 N–H and O–H groups in total. The van der Waals surface area contributed by atoms with Crippen molar-refractivity contribution in [2.45, 2.75) is 290 Å². The van der Waals surface area contributed by atoms with Crippen LogP contribution in [0.25, 0.3) is 0 Å². The minimum absolute atomic E-state index is 0.157. The number of phosphoric acid groups is 1. The van der Waals surface area contributed by atoms with Gasteiger partial charge < -0.3 is 24.2 Å². The number of carbonyl (C=O) groups excluding carboxylic acids is 3. The number of rotatable bonds is 57. The molecule has 3 unspecified atom stereocenters. The highest BCUT2D eigenvalue weighted by atomic mass is 31.2. The van der Waals surface area contributed by atoms with Crippen molar-refractivity contribution in [2.75, 3.05) is 26.4 Å². The van der Waals surface area contributed by atoms with Crippen molar-refractivity contribution in [3.63, 3.8) is 0 Å². The Kier molecular flexibility index (Phi) is 55.7. The molecule has 0 amide bonds. The summed E-state index contributed by atoms with van der Waals surface area (Å²) < 4.78 is 39.6. The second-order valence-corrected chi connectivity index (χ2v) is 21.9. The van der Waals surface area contributed by atoms with Crippen LogP contribution in [0.4, 0.5) is 0 Å².